The molecule has 1 aromatic heterocycles. The highest BCUT2D eigenvalue weighted by atomic mass is 35.5. The van der Waals surface area contributed by atoms with Gasteiger partial charge in [-0.25, -0.2) is 8.78 Å². The van der Waals surface area contributed by atoms with E-state index in [1.807, 2.05) is 0 Å². The van der Waals surface area contributed by atoms with Crippen molar-refractivity contribution < 1.29 is 13.5 Å². The van der Waals surface area contributed by atoms with Crippen molar-refractivity contribution in [1.29, 1.82) is 0 Å². The molecule has 2 aromatic rings. The van der Waals surface area contributed by atoms with Gasteiger partial charge < -0.3 is 10.1 Å². The van der Waals surface area contributed by atoms with E-state index in [0.717, 1.165) is 0 Å². The molecule has 100 valence electrons. The number of hydrogen-bond donors (Lipinski definition) is 1. The Kier molecular flexibility index (Phi) is 4.29. The molecule has 3 nitrogen and oxygen atoms in total. The van der Waals surface area contributed by atoms with Crippen LogP contribution in [0.2, 0.25) is 5.02 Å². The Bertz CT molecular complexity index is 570. The van der Waals surface area contributed by atoms with Gasteiger partial charge in [-0.2, -0.15) is 0 Å². The zero-order valence-electron chi connectivity index (χ0n) is 10.1. The van der Waals surface area contributed by atoms with E-state index in [1.165, 1.54) is 30.6 Å². The highest BCUT2D eigenvalue weighted by Gasteiger charge is 2.13. The van der Waals surface area contributed by atoms with Crippen LogP contribution in [0, 0.1) is 11.6 Å². The third kappa shape index (κ3) is 3.39. The fraction of sp³-hybridized carbons (Fsp3) is 0.154. The van der Waals surface area contributed by atoms with Crippen LogP contribution in [0.1, 0.15) is 5.56 Å². The average Bonchev–Trinajstić information content (AvgIpc) is 2.34. The first-order chi connectivity index (χ1) is 9.10. The van der Waals surface area contributed by atoms with Gasteiger partial charge >= 0.3 is 0 Å². The molecule has 1 heterocycles. The Morgan fingerprint density at radius 3 is 2.47 bits per heavy atom. The highest BCUT2D eigenvalue weighted by molar-refractivity contribution is 6.30. The number of benzene rings is 1. The van der Waals surface area contributed by atoms with Crippen molar-refractivity contribution in [3.8, 4) is 11.5 Å². The van der Waals surface area contributed by atoms with Crippen LogP contribution in [0.3, 0.4) is 0 Å². The quantitative estimate of drug-likeness (QED) is 0.933. The van der Waals surface area contributed by atoms with Gasteiger partial charge in [0.2, 0.25) is 0 Å². The van der Waals surface area contributed by atoms with Crippen molar-refractivity contribution in [2.45, 2.75) is 6.54 Å². The van der Waals surface area contributed by atoms with Crippen LogP contribution < -0.4 is 10.1 Å². The summed E-state index contributed by atoms with van der Waals surface area (Å²) in [6.45, 7) is 0.368. The van der Waals surface area contributed by atoms with E-state index in [4.69, 9.17) is 16.3 Å². The summed E-state index contributed by atoms with van der Waals surface area (Å²) in [5.74, 6) is -1.84. The Morgan fingerprint density at radius 2 is 1.89 bits per heavy atom. The molecule has 1 N–H and O–H groups in total. The van der Waals surface area contributed by atoms with Gasteiger partial charge in [0, 0.05) is 18.8 Å². The minimum Gasteiger partial charge on any atom is -0.449 e. The zero-order chi connectivity index (χ0) is 13.8. The van der Waals surface area contributed by atoms with Crippen LogP contribution in [0.5, 0.6) is 11.5 Å². The van der Waals surface area contributed by atoms with Gasteiger partial charge in [-0.1, -0.05) is 11.6 Å². The number of nitrogens with one attached hydrogen (secondary N) is 1. The van der Waals surface area contributed by atoms with Crippen LogP contribution >= 0.6 is 11.6 Å². The zero-order valence-corrected chi connectivity index (χ0v) is 10.8. The van der Waals surface area contributed by atoms with Gasteiger partial charge in [0.05, 0.1) is 11.2 Å². The molecule has 0 saturated heterocycles. The number of nitrogens with zero attached hydrogens (tertiary/aromatic N) is 1. The molecule has 19 heavy (non-hydrogen) atoms. The summed E-state index contributed by atoms with van der Waals surface area (Å²) in [5, 5.41) is 3.14. The lowest BCUT2D eigenvalue weighted by Gasteiger charge is -2.09. The SMILES string of the molecule is CNCc1cc(F)c(Oc2cncc(Cl)c2)c(F)c1. The first-order valence-electron chi connectivity index (χ1n) is 5.51. The number of ether oxygens (including phenoxy) is 1. The van der Waals surface area contributed by atoms with Gasteiger partial charge in [-0.15, -0.1) is 0 Å². The van der Waals surface area contributed by atoms with Crippen molar-refractivity contribution in [1.82, 2.24) is 10.3 Å². The Hall–Kier alpha value is -1.72. The van der Waals surface area contributed by atoms with E-state index in [-0.39, 0.29) is 5.75 Å². The maximum absolute atomic E-state index is 13.8. The summed E-state index contributed by atoms with van der Waals surface area (Å²) < 4.78 is 32.7. The number of pyridine rings is 1. The summed E-state index contributed by atoms with van der Waals surface area (Å²) in [6, 6.07) is 3.86. The molecule has 0 aliphatic rings. The Labute approximate surface area is 114 Å². The molecule has 0 saturated carbocycles. The molecule has 0 aliphatic carbocycles. The van der Waals surface area contributed by atoms with Gasteiger partial charge in [-0.3, -0.25) is 4.98 Å². The second-order valence-corrected chi connectivity index (χ2v) is 4.30. The van der Waals surface area contributed by atoms with E-state index in [9.17, 15) is 8.78 Å². The van der Waals surface area contributed by atoms with Crippen LogP contribution in [0.15, 0.2) is 30.6 Å². The lowest BCUT2D eigenvalue weighted by Crippen LogP contribution is -2.06. The first kappa shape index (κ1) is 13.7. The van der Waals surface area contributed by atoms with Crippen molar-refractivity contribution in [2.75, 3.05) is 7.05 Å². The van der Waals surface area contributed by atoms with Gasteiger partial charge in [0.25, 0.3) is 0 Å². The predicted molar refractivity (Wildman–Crippen MR) is 68.4 cm³/mol. The van der Waals surface area contributed by atoms with Crippen molar-refractivity contribution in [2.24, 2.45) is 0 Å². The normalized spacial score (nSPS) is 10.5. The largest absolute Gasteiger partial charge is 0.449 e. The second-order valence-electron chi connectivity index (χ2n) is 3.86. The third-order valence-electron chi connectivity index (χ3n) is 2.34. The topological polar surface area (TPSA) is 34.1 Å². The van der Waals surface area contributed by atoms with Crippen LogP contribution in [0.4, 0.5) is 8.78 Å². The maximum Gasteiger partial charge on any atom is 0.198 e. The maximum atomic E-state index is 13.8. The molecule has 0 spiro atoms. The number of aromatic nitrogens is 1. The third-order valence-corrected chi connectivity index (χ3v) is 2.55. The lowest BCUT2D eigenvalue weighted by atomic mass is 10.2. The van der Waals surface area contributed by atoms with E-state index >= 15 is 0 Å². The first-order valence-corrected chi connectivity index (χ1v) is 5.89. The van der Waals surface area contributed by atoms with Crippen molar-refractivity contribution >= 4 is 11.6 Å². The van der Waals surface area contributed by atoms with E-state index in [0.29, 0.717) is 17.1 Å². The predicted octanol–water partition coefficient (Wildman–Crippen LogP) is 3.52. The molecule has 0 radical (unpaired) electrons. The number of halogens is 3. The number of hydrogen-bond acceptors (Lipinski definition) is 3. The molecular weight excluding hydrogens is 274 g/mol. The molecule has 0 bridgehead atoms. The summed E-state index contributed by atoms with van der Waals surface area (Å²) in [5.41, 5.74) is 0.495. The molecule has 6 heteroatoms. The van der Waals surface area contributed by atoms with E-state index < -0.39 is 17.4 Å². The Morgan fingerprint density at radius 1 is 1.21 bits per heavy atom. The van der Waals surface area contributed by atoms with Crippen molar-refractivity contribution in [3.05, 3.63) is 52.8 Å². The lowest BCUT2D eigenvalue weighted by molar-refractivity contribution is 0.405. The summed E-state index contributed by atoms with van der Waals surface area (Å²) in [7, 11) is 1.69. The molecule has 0 aliphatic heterocycles. The van der Waals surface area contributed by atoms with Gasteiger partial charge in [-0.05, 0) is 24.7 Å². The monoisotopic (exact) mass is 284 g/mol. The number of rotatable bonds is 4. The summed E-state index contributed by atoms with van der Waals surface area (Å²) >= 11 is 5.72. The second kappa shape index (κ2) is 5.95. The van der Waals surface area contributed by atoms with Gasteiger partial charge in [0.15, 0.2) is 17.4 Å². The van der Waals surface area contributed by atoms with E-state index in [1.54, 1.807) is 7.05 Å². The van der Waals surface area contributed by atoms with Gasteiger partial charge in [0.1, 0.15) is 5.75 Å². The molecule has 0 amide bonds. The fourth-order valence-electron chi connectivity index (χ4n) is 1.58. The van der Waals surface area contributed by atoms with Crippen LogP contribution in [0.25, 0.3) is 0 Å². The minimum atomic E-state index is -0.773. The standard InChI is InChI=1S/C13H11ClF2N2O/c1-17-5-8-2-11(15)13(12(16)3-8)19-10-4-9(14)6-18-7-10/h2-4,6-7,17H,5H2,1H3. The highest BCUT2D eigenvalue weighted by Crippen LogP contribution is 2.29. The minimum absolute atomic E-state index is 0.173. The van der Waals surface area contributed by atoms with Crippen LogP contribution in [-0.2, 0) is 6.54 Å². The smallest absolute Gasteiger partial charge is 0.198 e. The van der Waals surface area contributed by atoms with Crippen LogP contribution in [-0.4, -0.2) is 12.0 Å². The molecule has 1 aromatic carbocycles. The fourth-order valence-corrected chi connectivity index (χ4v) is 1.75. The average molecular weight is 285 g/mol. The molecular formula is C13H11ClF2N2O. The summed E-state index contributed by atoms with van der Waals surface area (Å²) in [6.07, 6.45) is 2.73. The molecule has 0 unspecified atom stereocenters. The molecule has 0 fully saturated rings. The van der Waals surface area contributed by atoms with Crippen molar-refractivity contribution in [3.63, 3.8) is 0 Å². The molecule has 2 rings (SSSR count). The molecule has 0 atom stereocenters. The summed E-state index contributed by atoms with van der Waals surface area (Å²) in [4.78, 5) is 3.77. The van der Waals surface area contributed by atoms with E-state index in [2.05, 4.69) is 10.3 Å². The Balaban J connectivity index is 2.30.